The van der Waals surface area contributed by atoms with Gasteiger partial charge in [0.25, 0.3) is 0 Å². The van der Waals surface area contributed by atoms with Gasteiger partial charge in [-0.1, -0.05) is 27.7 Å². The fraction of sp³-hybridized carbons (Fsp3) is 1.00. The van der Waals surface area contributed by atoms with E-state index in [-0.39, 0.29) is 34.1 Å². The van der Waals surface area contributed by atoms with Crippen LogP contribution in [0.4, 0.5) is 52.7 Å². The minimum absolute atomic E-state index is 0. The molecule has 2 fully saturated rings. The van der Waals surface area contributed by atoms with Gasteiger partial charge in [-0.05, 0) is 51.9 Å². The summed E-state index contributed by atoms with van der Waals surface area (Å²) in [6, 6.07) is 0. The van der Waals surface area contributed by atoms with Crippen LogP contribution in [0.3, 0.4) is 0 Å². The summed E-state index contributed by atoms with van der Waals surface area (Å²) in [5, 5.41) is 0. The van der Waals surface area contributed by atoms with Crippen LogP contribution in [0, 0.1) is 0 Å². The van der Waals surface area contributed by atoms with E-state index >= 15 is 0 Å². The molecule has 2 saturated heterocycles. The van der Waals surface area contributed by atoms with Crippen molar-refractivity contribution in [2.24, 2.45) is 0 Å². The van der Waals surface area contributed by atoms with Gasteiger partial charge in [0, 0.05) is 91.6 Å². The van der Waals surface area contributed by atoms with Gasteiger partial charge in [-0.3, -0.25) is 9.80 Å². The minimum atomic E-state index is -6.09. The molecule has 2 aliphatic heterocycles. The molecule has 0 aromatic carbocycles. The predicted octanol–water partition coefficient (Wildman–Crippen LogP) is 2.67. The Hall–Kier alpha value is -0.401. The van der Waals surface area contributed by atoms with Crippen molar-refractivity contribution in [3.05, 3.63) is 0 Å². The van der Waals surface area contributed by atoms with Gasteiger partial charge in [0.15, 0.2) is 40.5 Å². The summed E-state index contributed by atoms with van der Waals surface area (Å²) in [5.41, 5.74) is -22.6. The third-order valence-corrected chi connectivity index (χ3v) is 10.7. The summed E-state index contributed by atoms with van der Waals surface area (Å²) in [5.74, 6) is 0. The largest absolute Gasteiger partial charge is 2.00 e. The first-order chi connectivity index (χ1) is 28.7. The topological polar surface area (TPSA) is 248 Å². The maximum atomic E-state index is 10.7. The molecule has 0 atom stereocenters. The second-order valence-corrected chi connectivity index (χ2v) is 19.1. The van der Waals surface area contributed by atoms with Crippen LogP contribution in [0.25, 0.3) is 0 Å². The molecule has 18 nitrogen and oxygen atoms in total. The summed E-state index contributed by atoms with van der Waals surface area (Å²) in [7, 11) is -24.4. The normalized spacial score (nSPS) is 18.1. The Morgan fingerprint density at radius 1 is 0.303 bits per heavy atom. The Bertz CT molecular complexity index is 1480. The van der Waals surface area contributed by atoms with Crippen molar-refractivity contribution < 1.29 is 139 Å². The van der Waals surface area contributed by atoms with E-state index in [1.165, 1.54) is 143 Å². The zero-order valence-electron chi connectivity index (χ0n) is 35.9. The van der Waals surface area contributed by atoms with Crippen LogP contribution in [0.5, 0.6) is 0 Å². The summed E-state index contributed by atoms with van der Waals surface area (Å²) in [6.45, 7) is 31.6. The quantitative estimate of drug-likeness (QED) is 0.125. The van der Waals surface area contributed by atoms with Gasteiger partial charge < -0.3 is 37.8 Å². The second-order valence-electron chi connectivity index (χ2n) is 13.6. The van der Waals surface area contributed by atoms with Gasteiger partial charge in [0.2, 0.25) is 0 Å². The molecule has 0 aromatic rings. The molecule has 0 unspecified atom stereocenters. The van der Waals surface area contributed by atoms with E-state index < -0.39 is 62.5 Å². The summed E-state index contributed by atoms with van der Waals surface area (Å²) in [6.07, 6.45) is 5.07. The van der Waals surface area contributed by atoms with E-state index in [0.29, 0.717) is 0 Å². The van der Waals surface area contributed by atoms with Gasteiger partial charge in [-0.2, -0.15) is 52.7 Å². The SMILES string of the molecule is CCCN1CCN(CCC)CCN(CCN2CCN(CCC)CCN(CCC)CC2)CC1.O=S(=O)([O-])C(F)(F)F.O=S(=O)([O-])C(F)(F)F.O=S(=O)([O-])C(F)(F)F.O=S(=O)([O-])C(F)(F)F.[Cu+2].[Cu+2]. The zero-order valence-corrected chi connectivity index (χ0v) is 41.1. The van der Waals surface area contributed by atoms with Crippen molar-refractivity contribution in [2.75, 3.05) is 118 Å². The third kappa shape index (κ3) is 36.5. The van der Waals surface area contributed by atoms with Crippen LogP contribution in [-0.4, -0.2) is 221 Å². The van der Waals surface area contributed by atoms with Crippen molar-refractivity contribution in [2.45, 2.75) is 75.4 Å². The molecule has 0 N–H and O–H groups in total. The van der Waals surface area contributed by atoms with Crippen molar-refractivity contribution in [3.8, 4) is 0 Å². The number of hydrogen-bond donors (Lipinski definition) is 0. The number of hydrogen-bond acceptors (Lipinski definition) is 18. The Balaban J connectivity index is -0.000000296. The third-order valence-electron chi connectivity index (χ3n) is 8.42. The molecule has 0 saturated carbocycles. The molecule has 2 aliphatic rings. The maximum absolute atomic E-state index is 10.7. The molecular formula is C30H56Cu2F12N6O12S4. The average Bonchev–Trinajstić information content (AvgIpc) is 3.25. The van der Waals surface area contributed by atoms with Gasteiger partial charge in [0.05, 0.1) is 0 Å². The molecule has 0 spiro atoms. The first-order valence-electron chi connectivity index (χ1n) is 19.1. The molecule has 2 rings (SSSR count). The van der Waals surface area contributed by atoms with Crippen LogP contribution >= 0.6 is 0 Å². The zero-order chi connectivity index (χ0) is 51.0. The van der Waals surface area contributed by atoms with Gasteiger partial charge in [-0.25, -0.2) is 33.7 Å². The van der Waals surface area contributed by atoms with Crippen LogP contribution in [0.2, 0.25) is 0 Å². The van der Waals surface area contributed by atoms with Gasteiger partial charge in [0.1, 0.15) is 0 Å². The molecule has 36 heteroatoms. The van der Waals surface area contributed by atoms with Crippen LogP contribution in [0.15, 0.2) is 0 Å². The number of nitrogens with zero attached hydrogens (tertiary/aromatic N) is 6. The molecule has 0 aliphatic carbocycles. The molecule has 0 aromatic heterocycles. The van der Waals surface area contributed by atoms with E-state index in [4.69, 9.17) is 51.9 Å². The predicted molar refractivity (Wildman–Crippen MR) is 203 cm³/mol. The monoisotopic (exact) mass is 1170 g/mol. The van der Waals surface area contributed by atoms with Crippen molar-refractivity contribution in [3.63, 3.8) is 0 Å². The second kappa shape index (κ2) is 34.1. The van der Waals surface area contributed by atoms with E-state index in [1.54, 1.807) is 0 Å². The summed E-state index contributed by atoms with van der Waals surface area (Å²) < 4.78 is 236. The maximum Gasteiger partial charge on any atom is 2.00 e. The molecular weight excluding hydrogens is 1120 g/mol. The Morgan fingerprint density at radius 2 is 0.394 bits per heavy atom. The molecule has 0 bridgehead atoms. The van der Waals surface area contributed by atoms with Crippen molar-refractivity contribution in [1.82, 2.24) is 29.4 Å². The fourth-order valence-corrected chi connectivity index (χ4v) is 5.26. The van der Waals surface area contributed by atoms with Crippen LogP contribution in [-0.2, 0) is 74.6 Å². The van der Waals surface area contributed by atoms with Gasteiger partial charge >= 0.3 is 56.2 Å². The molecule has 408 valence electrons. The molecule has 66 heavy (non-hydrogen) atoms. The number of rotatable bonds is 11. The minimum Gasteiger partial charge on any atom is -0.741 e. The van der Waals surface area contributed by atoms with E-state index in [2.05, 4.69) is 57.1 Å². The van der Waals surface area contributed by atoms with E-state index in [0.717, 1.165) is 0 Å². The summed E-state index contributed by atoms with van der Waals surface area (Å²) >= 11 is 0. The van der Waals surface area contributed by atoms with Crippen LogP contribution in [0.1, 0.15) is 53.4 Å². The number of halogens is 12. The molecule has 2 radical (unpaired) electrons. The van der Waals surface area contributed by atoms with Crippen LogP contribution < -0.4 is 0 Å². The average molecular weight is 1180 g/mol. The molecule has 2 heterocycles. The summed E-state index contributed by atoms with van der Waals surface area (Å²) in [4.78, 5) is 16.3. The van der Waals surface area contributed by atoms with Crippen molar-refractivity contribution in [1.29, 1.82) is 0 Å². The number of alkyl halides is 12. The van der Waals surface area contributed by atoms with E-state index in [1.807, 2.05) is 0 Å². The Morgan fingerprint density at radius 3 is 0.470 bits per heavy atom. The Kier molecular flexibility index (Phi) is 38.5. The van der Waals surface area contributed by atoms with Gasteiger partial charge in [-0.15, -0.1) is 0 Å². The first kappa shape index (κ1) is 74.5. The molecule has 0 amide bonds. The Labute approximate surface area is 400 Å². The fourth-order valence-electron chi connectivity index (χ4n) is 5.26. The standard InChI is InChI=1S/C26H56N6.4CHF3O3S.2Cu/c1-5-9-27-13-14-28(10-6-2)18-22-31(21-17-27)25-26-32-23-19-29(11-7-3)15-16-30(12-8-4)20-24-32;4*2-1(3,4)8(5,6)7;;/h5-26H2,1-4H3;4*(H,5,6,7);;/q;;;;;2*+2/p-4. The van der Waals surface area contributed by atoms with E-state index in [9.17, 15) is 52.7 Å². The smallest absolute Gasteiger partial charge is 0.741 e. The first-order valence-corrected chi connectivity index (χ1v) is 24.7. The van der Waals surface area contributed by atoms with Crippen molar-refractivity contribution >= 4 is 40.5 Å².